The lowest BCUT2D eigenvalue weighted by molar-refractivity contribution is 0.168. The summed E-state index contributed by atoms with van der Waals surface area (Å²) in [5.74, 6) is 0. The summed E-state index contributed by atoms with van der Waals surface area (Å²) >= 11 is 6.07. The largest absolute Gasteiger partial charge is 0.388 e. The van der Waals surface area contributed by atoms with Crippen molar-refractivity contribution in [2.45, 2.75) is 18.9 Å². The molecule has 1 aromatic heterocycles. The fourth-order valence-corrected chi connectivity index (χ4v) is 3.53. The van der Waals surface area contributed by atoms with Gasteiger partial charge >= 0.3 is 0 Å². The third-order valence-electron chi connectivity index (χ3n) is 4.97. The molecule has 3 aromatic carbocycles. The second kappa shape index (κ2) is 9.04. The fourth-order valence-electron chi connectivity index (χ4n) is 3.37. The van der Waals surface area contributed by atoms with Crippen LogP contribution in [0.2, 0.25) is 5.02 Å². The Hall–Kier alpha value is -2.94. The van der Waals surface area contributed by atoms with E-state index < -0.39 is 6.10 Å². The molecule has 0 fully saturated rings. The third kappa shape index (κ3) is 5.11. The number of aliphatic hydroxyl groups excluding tert-OH is 1. The zero-order valence-electron chi connectivity index (χ0n) is 16.0. The van der Waals surface area contributed by atoms with E-state index in [1.54, 1.807) is 0 Å². The molecule has 4 aromatic rings. The molecule has 0 saturated carbocycles. The molecule has 0 aliphatic heterocycles. The molecule has 1 heterocycles. The van der Waals surface area contributed by atoms with E-state index in [2.05, 4.69) is 17.1 Å². The summed E-state index contributed by atoms with van der Waals surface area (Å²) in [6.07, 6.45) is 5.07. The Kier molecular flexibility index (Phi) is 6.04. The van der Waals surface area contributed by atoms with Gasteiger partial charge in [0.2, 0.25) is 0 Å². The first-order valence-electron chi connectivity index (χ1n) is 9.74. The van der Waals surface area contributed by atoms with Crippen molar-refractivity contribution >= 4 is 34.7 Å². The van der Waals surface area contributed by atoms with Gasteiger partial charge in [-0.25, -0.2) is 4.98 Å². The predicted octanol–water partition coefficient (Wildman–Crippen LogP) is 6.72. The molecule has 144 valence electrons. The topological polar surface area (TPSA) is 33.1 Å². The van der Waals surface area contributed by atoms with Gasteiger partial charge in [0.15, 0.2) is 0 Å². The third-order valence-corrected chi connectivity index (χ3v) is 5.20. The number of halogens is 1. The maximum absolute atomic E-state index is 10.6. The summed E-state index contributed by atoms with van der Waals surface area (Å²) in [7, 11) is 0. The molecule has 0 aliphatic carbocycles. The summed E-state index contributed by atoms with van der Waals surface area (Å²) in [5.41, 5.74) is 4.96. The first-order chi connectivity index (χ1) is 14.2. The van der Waals surface area contributed by atoms with Crippen LogP contribution in [-0.2, 0) is 6.42 Å². The molecule has 0 radical (unpaired) electrons. The molecule has 0 spiro atoms. The Bertz CT molecular complexity index is 1140. The molecule has 4 rings (SSSR count). The van der Waals surface area contributed by atoms with E-state index in [0.29, 0.717) is 11.4 Å². The molecule has 0 aliphatic rings. The van der Waals surface area contributed by atoms with Crippen LogP contribution in [0.1, 0.15) is 34.9 Å². The maximum atomic E-state index is 10.6. The van der Waals surface area contributed by atoms with Crippen molar-refractivity contribution in [3.8, 4) is 0 Å². The maximum Gasteiger partial charge on any atom is 0.0793 e. The summed E-state index contributed by atoms with van der Waals surface area (Å²) in [6.45, 7) is 0. The number of hydrogen-bond acceptors (Lipinski definition) is 2. The Balaban J connectivity index is 1.46. The van der Waals surface area contributed by atoms with Crippen molar-refractivity contribution in [3.05, 3.63) is 112 Å². The molecule has 0 unspecified atom stereocenters. The number of benzene rings is 3. The number of aliphatic hydroxyl groups is 1. The average molecular weight is 400 g/mol. The molecule has 2 nitrogen and oxygen atoms in total. The van der Waals surface area contributed by atoms with Crippen molar-refractivity contribution in [3.63, 3.8) is 0 Å². The predicted molar refractivity (Wildman–Crippen MR) is 122 cm³/mol. The zero-order valence-corrected chi connectivity index (χ0v) is 16.8. The number of pyridine rings is 1. The normalized spacial score (nSPS) is 12.5. The number of aromatic nitrogens is 1. The van der Waals surface area contributed by atoms with Gasteiger partial charge in [-0.1, -0.05) is 78.3 Å². The first-order valence-corrected chi connectivity index (χ1v) is 10.1. The van der Waals surface area contributed by atoms with Gasteiger partial charge in [0.25, 0.3) is 0 Å². The Morgan fingerprint density at radius 3 is 2.55 bits per heavy atom. The fraction of sp³-hybridized carbons (Fsp3) is 0.115. The highest BCUT2D eigenvalue weighted by Gasteiger charge is 2.08. The lowest BCUT2D eigenvalue weighted by Gasteiger charge is -2.11. The molecular weight excluding hydrogens is 378 g/mol. The van der Waals surface area contributed by atoms with Crippen LogP contribution in [0, 0.1) is 0 Å². The molecule has 3 heteroatoms. The van der Waals surface area contributed by atoms with Crippen molar-refractivity contribution < 1.29 is 5.11 Å². The van der Waals surface area contributed by atoms with E-state index in [-0.39, 0.29) is 0 Å². The Labute approximate surface area is 176 Å². The van der Waals surface area contributed by atoms with Crippen molar-refractivity contribution in [1.82, 2.24) is 4.98 Å². The van der Waals surface area contributed by atoms with E-state index in [9.17, 15) is 5.11 Å². The molecule has 0 amide bonds. The van der Waals surface area contributed by atoms with Crippen LogP contribution in [0.3, 0.4) is 0 Å². The summed E-state index contributed by atoms with van der Waals surface area (Å²) in [5, 5.41) is 12.3. The average Bonchev–Trinajstić information content (AvgIpc) is 2.76. The quantitative estimate of drug-likeness (QED) is 0.390. The highest BCUT2D eigenvalue weighted by atomic mass is 35.5. The molecule has 29 heavy (non-hydrogen) atoms. The van der Waals surface area contributed by atoms with Gasteiger partial charge in [0.05, 0.1) is 17.3 Å². The van der Waals surface area contributed by atoms with Crippen molar-refractivity contribution in [2.75, 3.05) is 0 Å². The second-order valence-electron chi connectivity index (χ2n) is 7.12. The van der Waals surface area contributed by atoms with Crippen LogP contribution in [0.25, 0.3) is 23.1 Å². The number of nitrogens with zero attached hydrogens (tertiary/aromatic N) is 1. The molecule has 1 atom stereocenters. The van der Waals surface area contributed by atoms with Crippen LogP contribution in [-0.4, -0.2) is 10.1 Å². The van der Waals surface area contributed by atoms with Gasteiger partial charge in [-0.3, -0.25) is 0 Å². The minimum absolute atomic E-state index is 0.482. The molecule has 1 N–H and O–H groups in total. The highest BCUT2D eigenvalue weighted by molar-refractivity contribution is 6.31. The van der Waals surface area contributed by atoms with E-state index in [1.165, 1.54) is 5.56 Å². The van der Waals surface area contributed by atoms with E-state index in [4.69, 9.17) is 11.6 Å². The summed E-state index contributed by atoms with van der Waals surface area (Å²) in [6, 6.07) is 28.0. The summed E-state index contributed by atoms with van der Waals surface area (Å²) in [4.78, 5) is 4.65. The number of rotatable bonds is 6. The minimum atomic E-state index is -0.482. The van der Waals surface area contributed by atoms with Crippen molar-refractivity contribution in [2.24, 2.45) is 0 Å². The van der Waals surface area contributed by atoms with E-state index >= 15 is 0 Å². The number of aryl methyl sites for hydroxylation is 1. The minimum Gasteiger partial charge on any atom is -0.388 e. The zero-order chi connectivity index (χ0) is 20.1. The summed E-state index contributed by atoms with van der Waals surface area (Å²) < 4.78 is 0. The Morgan fingerprint density at radius 2 is 1.69 bits per heavy atom. The van der Waals surface area contributed by atoms with Gasteiger partial charge in [0.1, 0.15) is 0 Å². The SMILES string of the molecule is O[C@H](CCc1ccccc1)c1cccc(/C=C/c2ccc3ccc(Cl)cc3n2)c1. The van der Waals surface area contributed by atoms with E-state index in [0.717, 1.165) is 34.1 Å². The van der Waals surface area contributed by atoms with Crippen LogP contribution in [0.5, 0.6) is 0 Å². The van der Waals surface area contributed by atoms with E-state index in [1.807, 2.05) is 84.9 Å². The number of hydrogen-bond donors (Lipinski definition) is 1. The first kappa shape index (κ1) is 19.4. The Morgan fingerprint density at radius 1 is 0.862 bits per heavy atom. The van der Waals surface area contributed by atoms with Gasteiger partial charge < -0.3 is 5.11 Å². The standard InChI is InChI=1S/C26H22ClNO/c27-23-13-11-21-12-15-24(28-25(21)18-23)14-9-20-7-4-8-22(17-20)26(29)16-10-19-5-2-1-3-6-19/h1-9,11-15,17-18,26,29H,10,16H2/b14-9+/t26-/m1/s1. The number of fused-ring (bicyclic) bond motifs is 1. The van der Waals surface area contributed by atoms with Gasteiger partial charge in [-0.15, -0.1) is 0 Å². The van der Waals surface area contributed by atoms with Crippen LogP contribution < -0.4 is 0 Å². The molecule has 0 saturated heterocycles. The van der Waals surface area contributed by atoms with Crippen LogP contribution in [0.15, 0.2) is 84.9 Å². The van der Waals surface area contributed by atoms with Gasteiger partial charge in [0, 0.05) is 10.4 Å². The smallest absolute Gasteiger partial charge is 0.0793 e. The lowest BCUT2D eigenvalue weighted by Crippen LogP contribution is -2.00. The van der Waals surface area contributed by atoms with Gasteiger partial charge in [-0.05, 0) is 59.9 Å². The highest BCUT2D eigenvalue weighted by Crippen LogP contribution is 2.22. The van der Waals surface area contributed by atoms with Crippen LogP contribution >= 0.6 is 11.6 Å². The molecule has 0 bridgehead atoms. The van der Waals surface area contributed by atoms with Crippen molar-refractivity contribution in [1.29, 1.82) is 0 Å². The van der Waals surface area contributed by atoms with Gasteiger partial charge in [-0.2, -0.15) is 0 Å². The van der Waals surface area contributed by atoms with Crippen LogP contribution in [0.4, 0.5) is 0 Å². The molecular formula is C26H22ClNO. The second-order valence-corrected chi connectivity index (χ2v) is 7.55. The lowest BCUT2D eigenvalue weighted by atomic mass is 9.99. The monoisotopic (exact) mass is 399 g/mol.